The number of ether oxygens (including phenoxy) is 2. The number of halogens is 1. The SMILES string of the molecule is CN(Cc1ccccc1)C(=O)c1ccccc1C(=O)OCCOc1ccc(F)cc1. The Morgan fingerprint density at radius 2 is 1.47 bits per heavy atom. The van der Waals surface area contributed by atoms with Gasteiger partial charge in [-0.25, -0.2) is 9.18 Å². The monoisotopic (exact) mass is 407 g/mol. The Morgan fingerprint density at radius 1 is 0.833 bits per heavy atom. The molecule has 0 radical (unpaired) electrons. The van der Waals surface area contributed by atoms with Crippen molar-refractivity contribution in [3.05, 3.63) is 101 Å². The van der Waals surface area contributed by atoms with Gasteiger partial charge >= 0.3 is 5.97 Å². The highest BCUT2D eigenvalue weighted by atomic mass is 19.1. The summed E-state index contributed by atoms with van der Waals surface area (Å²) in [6, 6.07) is 21.7. The standard InChI is InChI=1S/C24H22FNO4/c1-26(17-18-7-3-2-4-8-18)23(27)21-9-5-6-10-22(21)24(28)30-16-15-29-20-13-11-19(25)12-14-20/h2-14H,15-17H2,1H3. The molecule has 0 saturated heterocycles. The van der Waals surface area contributed by atoms with E-state index in [0.717, 1.165) is 5.56 Å². The summed E-state index contributed by atoms with van der Waals surface area (Å²) in [5, 5.41) is 0. The predicted octanol–water partition coefficient (Wildman–Crippen LogP) is 4.33. The molecule has 154 valence electrons. The fourth-order valence-corrected chi connectivity index (χ4v) is 2.88. The Kier molecular flexibility index (Phi) is 7.16. The number of benzene rings is 3. The molecule has 0 aliphatic carbocycles. The first-order valence-electron chi connectivity index (χ1n) is 9.48. The van der Waals surface area contributed by atoms with E-state index in [4.69, 9.17) is 9.47 Å². The number of nitrogens with zero attached hydrogens (tertiary/aromatic N) is 1. The molecule has 0 saturated carbocycles. The molecule has 3 rings (SSSR count). The Hall–Kier alpha value is -3.67. The van der Waals surface area contributed by atoms with Gasteiger partial charge in [-0.2, -0.15) is 0 Å². The lowest BCUT2D eigenvalue weighted by Gasteiger charge is -2.19. The van der Waals surface area contributed by atoms with E-state index in [1.807, 2.05) is 30.3 Å². The van der Waals surface area contributed by atoms with Crippen LogP contribution in [0.15, 0.2) is 78.9 Å². The Morgan fingerprint density at radius 3 is 2.17 bits per heavy atom. The first-order chi connectivity index (χ1) is 14.5. The van der Waals surface area contributed by atoms with Gasteiger partial charge in [-0.3, -0.25) is 4.79 Å². The van der Waals surface area contributed by atoms with Crippen LogP contribution in [0, 0.1) is 5.82 Å². The lowest BCUT2D eigenvalue weighted by molar-refractivity contribution is 0.0445. The van der Waals surface area contributed by atoms with Crippen LogP contribution in [0.4, 0.5) is 4.39 Å². The van der Waals surface area contributed by atoms with E-state index in [-0.39, 0.29) is 36.1 Å². The lowest BCUT2D eigenvalue weighted by atomic mass is 10.1. The quantitative estimate of drug-likeness (QED) is 0.412. The van der Waals surface area contributed by atoms with Crippen LogP contribution in [-0.4, -0.2) is 37.0 Å². The van der Waals surface area contributed by atoms with Crippen LogP contribution in [0.1, 0.15) is 26.3 Å². The van der Waals surface area contributed by atoms with Crippen molar-refractivity contribution in [2.45, 2.75) is 6.54 Å². The minimum absolute atomic E-state index is 0.00140. The van der Waals surface area contributed by atoms with Crippen molar-refractivity contribution in [3.63, 3.8) is 0 Å². The van der Waals surface area contributed by atoms with Gasteiger partial charge in [-0.1, -0.05) is 42.5 Å². The van der Waals surface area contributed by atoms with Gasteiger partial charge < -0.3 is 14.4 Å². The molecule has 0 spiro atoms. The highest BCUT2D eigenvalue weighted by Gasteiger charge is 2.20. The van der Waals surface area contributed by atoms with Gasteiger partial charge in [0.25, 0.3) is 5.91 Å². The summed E-state index contributed by atoms with van der Waals surface area (Å²) in [4.78, 5) is 26.9. The molecule has 0 aromatic heterocycles. The maximum Gasteiger partial charge on any atom is 0.339 e. The molecule has 0 aliphatic rings. The van der Waals surface area contributed by atoms with E-state index >= 15 is 0 Å². The van der Waals surface area contributed by atoms with Crippen molar-refractivity contribution >= 4 is 11.9 Å². The van der Waals surface area contributed by atoms with Gasteiger partial charge in [0.05, 0.1) is 11.1 Å². The highest BCUT2D eigenvalue weighted by Crippen LogP contribution is 2.15. The molecule has 3 aromatic carbocycles. The third-order valence-corrected chi connectivity index (χ3v) is 4.39. The fraction of sp³-hybridized carbons (Fsp3) is 0.167. The minimum Gasteiger partial charge on any atom is -0.490 e. The Balaban J connectivity index is 1.58. The van der Waals surface area contributed by atoms with Crippen molar-refractivity contribution in [1.29, 1.82) is 0 Å². The van der Waals surface area contributed by atoms with E-state index in [2.05, 4.69) is 0 Å². The summed E-state index contributed by atoms with van der Waals surface area (Å²) < 4.78 is 23.6. The van der Waals surface area contributed by atoms with E-state index in [1.54, 1.807) is 36.2 Å². The first-order valence-corrected chi connectivity index (χ1v) is 9.48. The van der Waals surface area contributed by atoms with Crippen LogP contribution in [0.2, 0.25) is 0 Å². The molecule has 0 unspecified atom stereocenters. The second-order valence-corrected chi connectivity index (χ2v) is 6.63. The zero-order chi connectivity index (χ0) is 21.3. The van der Waals surface area contributed by atoms with Crippen molar-refractivity contribution < 1.29 is 23.5 Å². The molecule has 5 nitrogen and oxygen atoms in total. The zero-order valence-electron chi connectivity index (χ0n) is 16.6. The Bertz CT molecular complexity index is 990. The average molecular weight is 407 g/mol. The number of carbonyl (C=O) groups excluding carboxylic acids is 2. The van der Waals surface area contributed by atoms with Crippen molar-refractivity contribution in [1.82, 2.24) is 4.90 Å². The Labute approximate surface area is 174 Å². The van der Waals surface area contributed by atoms with E-state index in [1.165, 1.54) is 24.3 Å². The van der Waals surface area contributed by atoms with Gasteiger partial charge in [0, 0.05) is 13.6 Å². The number of esters is 1. The van der Waals surface area contributed by atoms with Crippen LogP contribution in [-0.2, 0) is 11.3 Å². The molecular formula is C24H22FNO4. The van der Waals surface area contributed by atoms with Gasteiger partial charge in [0.2, 0.25) is 0 Å². The number of rotatable bonds is 8. The molecule has 0 bridgehead atoms. The van der Waals surface area contributed by atoms with Crippen LogP contribution >= 0.6 is 0 Å². The molecule has 6 heteroatoms. The number of amides is 1. The highest BCUT2D eigenvalue weighted by molar-refractivity contribution is 6.05. The van der Waals surface area contributed by atoms with Crippen LogP contribution < -0.4 is 4.74 Å². The molecule has 0 atom stereocenters. The lowest BCUT2D eigenvalue weighted by Crippen LogP contribution is -2.28. The molecule has 1 amide bonds. The van der Waals surface area contributed by atoms with Gasteiger partial charge in [0.15, 0.2) is 0 Å². The van der Waals surface area contributed by atoms with Gasteiger partial charge in [0.1, 0.15) is 24.8 Å². The van der Waals surface area contributed by atoms with Gasteiger partial charge in [-0.05, 0) is 42.0 Å². The largest absolute Gasteiger partial charge is 0.490 e. The second kappa shape index (κ2) is 10.2. The molecule has 0 fully saturated rings. The third-order valence-electron chi connectivity index (χ3n) is 4.39. The summed E-state index contributed by atoms with van der Waals surface area (Å²) in [5.41, 5.74) is 1.47. The van der Waals surface area contributed by atoms with Crippen LogP contribution in [0.25, 0.3) is 0 Å². The molecule has 0 N–H and O–H groups in total. The summed E-state index contributed by atoms with van der Waals surface area (Å²) in [7, 11) is 1.69. The molecule has 0 aliphatic heterocycles. The number of carbonyl (C=O) groups is 2. The zero-order valence-corrected chi connectivity index (χ0v) is 16.6. The average Bonchev–Trinajstić information content (AvgIpc) is 2.78. The maximum absolute atomic E-state index is 12.9. The summed E-state index contributed by atoms with van der Waals surface area (Å²) in [5.74, 6) is -0.749. The second-order valence-electron chi connectivity index (χ2n) is 6.63. The molecular weight excluding hydrogens is 385 g/mol. The molecule has 3 aromatic rings. The smallest absolute Gasteiger partial charge is 0.339 e. The van der Waals surface area contributed by atoms with E-state index in [9.17, 15) is 14.0 Å². The van der Waals surface area contributed by atoms with E-state index < -0.39 is 5.97 Å². The van der Waals surface area contributed by atoms with Crippen molar-refractivity contribution in [3.8, 4) is 5.75 Å². The fourth-order valence-electron chi connectivity index (χ4n) is 2.88. The normalized spacial score (nSPS) is 10.3. The van der Waals surface area contributed by atoms with Gasteiger partial charge in [-0.15, -0.1) is 0 Å². The van der Waals surface area contributed by atoms with Crippen molar-refractivity contribution in [2.75, 3.05) is 20.3 Å². The first kappa shape index (κ1) is 21.0. The summed E-state index contributed by atoms with van der Waals surface area (Å²) >= 11 is 0. The van der Waals surface area contributed by atoms with Crippen LogP contribution in [0.5, 0.6) is 5.75 Å². The van der Waals surface area contributed by atoms with Crippen LogP contribution in [0.3, 0.4) is 0 Å². The molecule has 30 heavy (non-hydrogen) atoms. The predicted molar refractivity (Wildman–Crippen MR) is 111 cm³/mol. The van der Waals surface area contributed by atoms with Crippen molar-refractivity contribution in [2.24, 2.45) is 0 Å². The minimum atomic E-state index is -0.602. The number of hydrogen-bond acceptors (Lipinski definition) is 4. The summed E-state index contributed by atoms with van der Waals surface area (Å²) in [6.45, 7) is 0.536. The van der Waals surface area contributed by atoms with E-state index in [0.29, 0.717) is 12.3 Å². The molecule has 0 heterocycles. The third kappa shape index (κ3) is 5.67. The summed E-state index contributed by atoms with van der Waals surface area (Å²) in [6.07, 6.45) is 0. The topological polar surface area (TPSA) is 55.8 Å². The maximum atomic E-state index is 12.9. The number of hydrogen-bond donors (Lipinski definition) is 0.